The van der Waals surface area contributed by atoms with Crippen LogP contribution in [0.3, 0.4) is 0 Å². The molecule has 86 valence electrons. The molecule has 0 aliphatic carbocycles. The zero-order valence-corrected chi connectivity index (χ0v) is 10.1. The van der Waals surface area contributed by atoms with Crippen LogP contribution in [0.15, 0.2) is 0 Å². The zero-order valence-electron chi connectivity index (χ0n) is 10.1. The summed E-state index contributed by atoms with van der Waals surface area (Å²) in [5.41, 5.74) is 0. The maximum atomic E-state index is 5.46. The van der Waals surface area contributed by atoms with Crippen molar-refractivity contribution in [3.8, 4) is 0 Å². The lowest BCUT2D eigenvalue weighted by molar-refractivity contribution is 0.0501. The van der Waals surface area contributed by atoms with E-state index in [2.05, 4.69) is 32.8 Å². The molecule has 0 amide bonds. The van der Waals surface area contributed by atoms with E-state index in [4.69, 9.17) is 9.47 Å². The van der Waals surface area contributed by atoms with Crippen molar-refractivity contribution in [2.75, 3.05) is 40.5 Å². The van der Waals surface area contributed by atoms with Gasteiger partial charge in [0.25, 0.3) is 0 Å². The lowest BCUT2D eigenvalue weighted by Crippen LogP contribution is -2.15. The van der Waals surface area contributed by atoms with Gasteiger partial charge in [0.1, 0.15) is 0 Å². The van der Waals surface area contributed by atoms with Gasteiger partial charge in [-0.3, -0.25) is 0 Å². The van der Waals surface area contributed by atoms with Gasteiger partial charge in [-0.25, -0.2) is 0 Å². The number of rotatable bonds is 9. The molecular weight excluding hydrogens is 178 g/mol. The summed E-state index contributed by atoms with van der Waals surface area (Å²) in [6.45, 7) is 7.70. The zero-order chi connectivity index (χ0) is 10.8. The van der Waals surface area contributed by atoms with Crippen LogP contribution in [-0.4, -0.2) is 51.5 Å². The average molecular weight is 203 g/mol. The fourth-order valence-corrected chi connectivity index (χ4v) is 1.06. The molecule has 0 aromatic heterocycles. The Balaban J connectivity index is 2.92. The van der Waals surface area contributed by atoms with Crippen LogP contribution in [0.5, 0.6) is 0 Å². The van der Waals surface area contributed by atoms with Crippen LogP contribution in [0.25, 0.3) is 0 Å². The van der Waals surface area contributed by atoms with Crippen molar-refractivity contribution in [2.24, 2.45) is 0 Å². The fourth-order valence-electron chi connectivity index (χ4n) is 1.06. The molecule has 0 fully saturated rings. The molecule has 0 aliphatic rings. The van der Waals surface area contributed by atoms with Gasteiger partial charge in [-0.05, 0) is 47.3 Å². The molecule has 0 aliphatic heterocycles. The number of ether oxygens (including phenoxy) is 2. The van der Waals surface area contributed by atoms with Crippen molar-refractivity contribution >= 4 is 0 Å². The van der Waals surface area contributed by atoms with Crippen molar-refractivity contribution in [1.82, 2.24) is 4.90 Å². The Hall–Kier alpha value is -0.120. The SMILES string of the molecule is CC(C)OCCCOCCCN(C)C. The molecule has 0 N–H and O–H groups in total. The first-order valence-electron chi connectivity index (χ1n) is 5.47. The molecule has 0 atom stereocenters. The molecule has 0 rings (SSSR count). The van der Waals surface area contributed by atoms with Crippen molar-refractivity contribution in [3.63, 3.8) is 0 Å². The van der Waals surface area contributed by atoms with Crippen molar-refractivity contribution < 1.29 is 9.47 Å². The largest absolute Gasteiger partial charge is 0.381 e. The second-order valence-corrected chi connectivity index (χ2v) is 4.04. The van der Waals surface area contributed by atoms with Crippen LogP contribution in [0.1, 0.15) is 26.7 Å². The monoisotopic (exact) mass is 203 g/mol. The van der Waals surface area contributed by atoms with E-state index in [0.717, 1.165) is 39.2 Å². The number of nitrogens with zero attached hydrogens (tertiary/aromatic N) is 1. The third-order valence-corrected chi connectivity index (χ3v) is 1.78. The van der Waals surface area contributed by atoms with Gasteiger partial charge >= 0.3 is 0 Å². The quantitative estimate of drug-likeness (QED) is 0.533. The summed E-state index contributed by atoms with van der Waals surface area (Å²) in [6, 6.07) is 0. The summed E-state index contributed by atoms with van der Waals surface area (Å²) in [5.74, 6) is 0. The molecule has 0 saturated heterocycles. The molecular formula is C11H25NO2. The van der Waals surface area contributed by atoms with E-state index >= 15 is 0 Å². The first kappa shape index (κ1) is 13.9. The highest BCUT2D eigenvalue weighted by molar-refractivity contribution is 4.43. The van der Waals surface area contributed by atoms with Gasteiger partial charge in [0, 0.05) is 19.8 Å². The lowest BCUT2D eigenvalue weighted by atomic mass is 10.4. The maximum absolute atomic E-state index is 5.46. The number of hydrogen-bond acceptors (Lipinski definition) is 3. The van der Waals surface area contributed by atoms with Crippen LogP contribution < -0.4 is 0 Å². The van der Waals surface area contributed by atoms with Crippen LogP contribution in [-0.2, 0) is 9.47 Å². The third kappa shape index (κ3) is 11.9. The molecule has 3 nitrogen and oxygen atoms in total. The predicted octanol–water partition coefficient (Wildman–Crippen LogP) is 1.77. The molecule has 3 heteroatoms. The van der Waals surface area contributed by atoms with E-state index in [-0.39, 0.29) is 0 Å². The Morgan fingerprint density at radius 3 is 2.21 bits per heavy atom. The second kappa shape index (κ2) is 9.44. The van der Waals surface area contributed by atoms with E-state index in [0.29, 0.717) is 6.10 Å². The average Bonchev–Trinajstić information content (AvgIpc) is 2.08. The Labute approximate surface area is 88.4 Å². The highest BCUT2D eigenvalue weighted by Gasteiger charge is 1.94. The topological polar surface area (TPSA) is 21.7 Å². The van der Waals surface area contributed by atoms with Gasteiger partial charge < -0.3 is 14.4 Å². The first-order valence-corrected chi connectivity index (χ1v) is 5.47. The van der Waals surface area contributed by atoms with Gasteiger partial charge in [-0.15, -0.1) is 0 Å². The van der Waals surface area contributed by atoms with Crippen molar-refractivity contribution in [2.45, 2.75) is 32.8 Å². The molecule has 0 spiro atoms. The third-order valence-electron chi connectivity index (χ3n) is 1.78. The summed E-state index contributed by atoms with van der Waals surface area (Å²) >= 11 is 0. The molecule has 0 aromatic carbocycles. The van der Waals surface area contributed by atoms with E-state index in [1.807, 2.05) is 0 Å². The summed E-state index contributed by atoms with van der Waals surface area (Å²) in [4.78, 5) is 2.17. The Morgan fingerprint density at radius 2 is 1.64 bits per heavy atom. The van der Waals surface area contributed by atoms with Gasteiger partial charge in [-0.2, -0.15) is 0 Å². The molecule has 0 unspecified atom stereocenters. The summed E-state index contributed by atoms with van der Waals surface area (Å²) < 4.78 is 10.9. The Morgan fingerprint density at radius 1 is 1.00 bits per heavy atom. The smallest absolute Gasteiger partial charge is 0.0518 e. The van der Waals surface area contributed by atoms with Crippen LogP contribution in [0.2, 0.25) is 0 Å². The van der Waals surface area contributed by atoms with Gasteiger partial charge in [0.15, 0.2) is 0 Å². The normalized spacial score (nSPS) is 11.6. The van der Waals surface area contributed by atoms with Gasteiger partial charge in [0.05, 0.1) is 6.10 Å². The molecule has 0 bridgehead atoms. The summed E-state index contributed by atoms with van der Waals surface area (Å²) in [7, 11) is 4.16. The van der Waals surface area contributed by atoms with Crippen LogP contribution >= 0.6 is 0 Å². The molecule has 0 saturated carbocycles. The lowest BCUT2D eigenvalue weighted by Gasteiger charge is -2.10. The number of hydrogen-bond donors (Lipinski definition) is 0. The predicted molar refractivity (Wildman–Crippen MR) is 59.7 cm³/mol. The molecule has 0 radical (unpaired) electrons. The second-order valence-electron chi connectivity index (χ2n) is 4.04. The van der Waals surface area contributed by atoms with E-state index in [1.54, 1.807) is 0 Å². The first-order chi connectivity index (χ1) is 6.63. The Kier molecular flexibility index (Phi) is 9.35. The minimum atomic E-state index is 0.337. The Bertz CT molecular complexity index is 102. The summed E-state index contributed by atoms with van der Waals surface area (Å²) in [6.07, 6.45) is 2.45. The molecule has 0 heterocycles. The fraction of sp³-hybridized carbons (Fsp3) is 1.00. The molecule has 14 heavy (non-hydrogen) atoms. The van der Waals surface area contributed by atoms with E-state index in [9.17, 15) is 0 Å². The van der Waals surface area contributed by atoms with E-state index < -0.39 is 0 Å². The van der Waals surface area contributed by atoms with Crippen LogP contribution in [0.4, 0.5) is 0 Å². The minimum Gasteiger partial charge on any atom is -0.381 e. The van der Waals surface area contributed by atoms with Gasteiger partial charge in [0.2, 0.25) is 0 Å². The minimum absolute atomic E-state index is 0.337. The van der Waals surface area contributed by atoms with Crippen molar-refractivity contribution in [3.05, 3.63) is 0 Å². The highest BCUT2D eigenvalue weighted by atomic mass is 16.5. The molecule has 0 aromatic rings. The van der Waals surface area contributed by atoms with Gasteiger partial charge in [-0.1, -0.05) is 0 Å². The van der Waals surface area contributed by atoms with E-state index in [1.165, 1.54) is 0 Å². The highest BCUT2D eigenvalue weighted by Crippen LogP contribution is 1.92. The van der Waals surface area contributed by atoms with Crippen molar-refractivity contribution in [1.29, 1.82) is 0 Å². The maximum Gasteiger partial charge on any atom is 0.0518 e. The summed E-state index contributed by atoms with van der Waals surface area (Å²) in [5, 5.41) is 0. The standard InChI is InChI=1S/C11H25NO2/c1-11(2)14-10-6-9-13-8-5-7-12(3)4/h11H,5-10H2,1-4H3. The van der Waals surface area contributed by atoms with Crippen LogP contribution in [0, 0.1) is 0 Å².